The highest BCUT2D eigenvalue weighted by atomic mass is 127. The summed E-state index contributed by atoms with van der Waals surface area (Å²) in [5.41, 5.74) is 1.84. The molecule has 1 aromatic rings. The molecule has 6 nitrogen and oxygen atoms in total. The maximum atomic E-state index is 12.2. The van der Waals surface area contributed by atoms with Crippen LogP contribution in [0.3, 0.4) is 0 Å². The van der Waals surface area contributed by atoms with E-state index in [1.807, 2.05) is 24.3 Å². The van der Waals surface area contributed by atoms with Gasteiger partial charge >= 0.3 is 0 Å². The molecule has 1 fully saturated rings. The first-order valence-corrected chi connectivity index (χ1v) is 9.46. The van der Waals surface area contributed by atoms with Crippen LogP contribution in [0.5, 0.6) is 0 Å². The maximum absolute atomic E-state index is 12.2. The van der Waals surface area contributed by atoms with Gasteiger partial charge in [0.1, 0.15) is 6.10 Å². The summed E-state index contributed by atoms with van der Waals surface area (Å²) in [6.07, 6.45) is 7.89. The van der Waals surface area contributed by atoms with Crippen molar-refractivity contribution in [3.8, 4) is 0 Å². The first kappa shape index (κ1) is 21.7. The molecule has 27 heavy (non-hydrogen) atoms. The number of benzene rings is 1. The van der Waals surface area contributed by atoms with Crippen LogP contribution in [0, 0.1) is 0 Å². The number of guanidine groups is 1. The van der Waals surface area contributed by atoms with E-state index in [9.17, 15) is 4.79 Å². The normalized spacial score (nSPS) is 19.6. The average molecular weight is 484 g/mol. The zero-order valence-corrected chi connectivity index (χ0v) is 18.1. The quantitative estimate of drug-likeness (QED) is 0.251. The molecule has 0 spiro atoms. The van der Waals surface area contributed by atoms with Gasteiger partial charge in [-0.3, -0.25) is 4.79 Å². The van der Waals surface area contributed by atoms with Gasteiger partial charge in [-0.1, -0.05) is 24.3 Å². The Bertz CT molecular complexity index is 664. The van der Waals surface area contributed by atoms with Crippen LogP contribution < -0.4 is 16.0 Å². The fourth-order valence-corrected chi connectivity index (χ4v) is 3.17. The van der Waals surface area contributed by atoms with Gasteiger partial charge in [-0.05, 0) is 50.3 Å². The number of rotatable bonds is 6. The number of hydrogen-bond donors (Lipinski definition) is 3. The van der Waals surface area contributed by atoms with Crippen LogP contribution in [-0.4, -0.2) is 37.2 Å². The molecule has 0 bridgehead atoms. The minimum Gasteiger partial charge on any atom is -0.368 e. The Hall–Kier alpha value is -1.61. The van der Waals surface area contributed by atoms with Gasteiger partial charge < -0.3 is 20.7 Å². The minimum absolute atomic E-state index is 0. The summed E-state index contributed by atoms with van der Waals surface area (Å²) in [4.78, 5) is 16.9. The van der Waals surface area contributed by atoms with E-state index in [2.05, 4.69) is 40.0 Å². The molecular formula is C20H29IN4O2. The first-order valence-electron chi connectivity index (χ1n) is 9.46. The molecule has 0 radical (unpaired) electrons. The van der Waals surface area contributed by atoms with Gasteiger partial charge in [-0.2, -0.15) is 0 Å². The number of carbonyl (C=O) groups excluding carboxylic acids is 1. The van der Waals surface area contributed by atoms with Gasteiger partial charge in [-0.15, -0.1) is 24.0 Å². The Morgan fingerprint density at radius 3 is 2.81 bits per heavy atom. The smallest absolute Gasteiger partial charge is 0.253 e. The number of nitrogens with one attached hydrogen (secondary N) is 3. The summed E-state index contributed by atoms with van der Waals surface area (Å²) in [7, 11) is 0. The summed E-state index contributed by atoms with van der Waals surface area (Å²) in [5, 5.41) is 9.69. The fraction of sp³-hybridized carbons (Fsp3) is 0.500. The third-order valence-corrected chi connectivity index (χ3v) is 4.53. The third kappa shape index (κ3) is 6.80. The van der Waals surface area contributed by atoms with Crippen LogP contribution >= 0.6 is 24.0 Å². The Balaban J connectivity index is 0.00000261. The van der Waals surface area contributed by atoms with Crippen molar-refractivity contribution in [1.82, 2.24) is 10.6 Å². The zero-order chi connectivity index (χ0) is 18.2. The molecule has 7 heteroatoms. The minimum atomic E-state index is -0.318. The molecule has 1 aliphatic heterocycles. The first-order chi connectivity index (χ1) is 12.7. The number of halogens is 1. The number of ether oxygens (including phenoxy) is 1. The Labute approximate surface area is 178 Å². The molecule has 148 valence electrons. The number of carbonyl (C=O) groups is 1. The molecule has 0 aromatic heterocycles. The van der Waals surface area contributed by atoms with E-state index in [-0.39, 0.29) is 36.0 Å². The summed E-state index contributed by atoms with van der Waals surface area (Å²) >= 11 is 0. The molecule has 1 atom stereocenters. The topological polar surface area (TPSA) is 74.8 Å². The van der Waals surface area contributed by atoms with Gasteiger partial charge in [0, 0.05) is 24.9 Å². The molecule has 1 saturated heterocycles. The van der Waals surface area contributed by atoms with Crippen molar-refractivity contribution in [2.75, 3.05) is 18.5 Å². The van der Waals surface area contributed by atoms with Gasteiger partial charge in [-0.25, -0.2) is 4.99 Å². The van der Waals surface area contributed by atoms with Crippen molar-refractivity contribution in [1.29, 1.82) is 0 Å². The predicted molar refractivity (Wildman–Crippen MR) is 120 cm³/mol. The lowest BCUT2D eigenvalue weighted by atomic mass is 10.2. The molecule has 0 saturated carbocycles. The van der Waals surface area contributed by atoms with Crippen molar-refractivity contribution in [2.24, 2.45) is 4.99 Å². The van der Waals surface area contributed by atoms with E-state index in [0.29, 0.717) is 19.2 Å². The van der Waals surface area contributed by atoms with Crippen molar-refractivity contribution in [3.05, 3.63) is 42.0 Å². The fourth-order valence-electron chi connectivity index (χ4n) is 3.17. The highest BCUT2D eigenvalue weighted by molar-refractivity contribution is 14.0. The van der Waals surface area contributed by atoms with Crippen LogP contribution in [0.2, 0.25) is 0 Å². The molecule has 1 aromatic carbocycles. The van der Waals surface area contributed by atoms with Crippen LogP contribution in [0.1, 0.15) is 38.2 Å². The molecular weight excluding hydrogens is 455 g/mol. The molecule has 3 N–H and O–H groups in total. The van der Waals surface area contributed by atoms with Crippen LogP contribution in [0.15, 0.2) is 41.4 Å². The van der Waals surface area contributed by atoms with Crippen molar-refractivity contribution < 1.29 is 9.53 Å². The second-order valence-electron chi connectivity index (χ2n) is 6.67. The summed E-state index contributed by atoms with van der Waals surface area (Å²) < 4.78 is 5.43. The SMILES string of the molecule is CCNC(=NCc1cccc(NC(=O)C2CCCO2)c1)NC1CC=CC1.I. The number of anilines is 1. The Kier molecular flexibility index (Phi) is 9.06. The van der Waals surface area contributed by atoms with Crippen molar-refractivity contribution in [2.45, 2.75) is 51.3 Å². The molecule has 3 rings (SSSR count). The second-order valence-corrected chi connectivity index (χ2v) is 6.67. The largest absolute Gasteiger partial charge is 0.368 e. The number of hydrogen-bond acceptors (Lipinski definition) is 3. The number of nitrogens with zero attached hydrogens (tertiary/aromatic N) is 1. The van der Waals surface area contributed by atoms with E-state index in [1.54, 1.807) is 0 Å². The highest BCUT2D eigenvalue weighted by Crippen LogP contribution is 2.16. The third-order valence-electron chi connectivity index (χ3n) is 4.53. The summed E-state index contributed by atoms with van der Waals surface area (Å²) in [5.74, 6) is 0.766. The summed E-state index contributed by atoms with van der Waals surface area (Å²) in [6, 6.07) is 8.25. The van der Waals surface area contributed by atoms with Crippen molar-refractivity contribution in [3.63, 3.8) is 0 Å². The Morgan fingerprint density at radius 2 is 2.11 bits per heavy atom. The molecule has 1 heterocycles. The van der Waals surface area contributed by atoms with Crippen LogP contribution in [-0.2, 0) is 16.1 Å². The number of amides is 1. The van der Waals surface area contributed by atoms with Gasteiger partial charge in [0.15, 0.2) is 5.96 Å². The van der Waals surface area contributed by atoms with E-state index < -0.39 is 0 Å². The monoisotopic (exact) mass is 484 g/mol. The number of aliphatic imine (C=N–C) groups is 1. The molecule has 1 amide bonds. The second kappa shape index (κ2) is 11.3. The lowest BCUT2D eigenvalue weighted by molar-refractivity contribution is -0.124. The van der Waals surface area contributed by atoms with E-state index in [0.717, 1.165) is 49.4 Å². The molecule has 2 aliphatic rings. The van der Waals surface area contributed by atoms with Gasteiger partial charge in [0.05, 0.1) is 6.54 Å². The standard InChI is InChI=1S/C20H28N4O2.HI/c1-2-21-20(24-16-8-3-4-9-16)22-14-15-7-5-10-17(13-15)23-19(25)18-11-6-12-26-18;/h3-5,7,10,13,16,18H,2,6,8-9,11-12,14H2,1H3,(H,23,25)(H2,21,22,24);1H. The van der Waals surface area contributed by atoms with E-state index >= 15 is 0 Å². The maximum Gasteiger partial charge on any atom is 0.253 e. The van der Waals surface area contributed by atoms with E-state index in [1.165, 1.54) is 0 Å². The predicted octanol–water partition coefficient (Wildman–Crippen LogP) is 3.20. The lowest BCUT2D eigenvalue weighted by Crippen LogP contribution is -2.42. The van der Waals surface area contributed by atoms with E-state index in [4.69, 9.17) is 4.74 Å². The van der Waals surface area contributed by atoms with Gasteiger partial charge in [0.2, 0.25) is 0 Å². The van der Waals surface area contributed by atoms with Crippen molar-refractivity contribution >= 4 is 41.5 Å². The lowest BCUT2D eigenvalue weighted by Gasteiger charge is -2.16. The zero-order valence-electron chi connectivity index (χ0n) is 15.7. The van der Waals surface area contributed by atoms with Crippen LogP contribution in [0.25, 0.3) is 0 Å². The van der Waals surface area contributed by atoms with Gasteiger partial charge in [0.25, 0.3) is 5.91 Å². The summed E-state index contributed by atoms with van der Waals surface area (Å²) in [6.45, 7) is 4.11. The average Bonchev–Trinajstić information content (AvgIpc) is 3.34. The molecule has 1 unspecified atom stereocenters. The Morgan fingerprint density at radius 1 is 1.30 bits per heavy atom. The molecule has 1 aliphatic carbocycles. The highest BCUT2D eigenvalue weighted by Gasteiger charge is 2.23. The van der Waals surface area contributed by atoms with Crippen LogP contribution in [0.4, 0.5) is 5.69 Å².